The lowest BCUT2D eigenvalue weighted by molar-refractivity contribution is -0.138. The van der Waals surface area contributed by atoms with Gasteiger partial charge in [-0.05, 0) is 17.7 Å². The summed E-state index contributed by atoms with van der Waals surface area (Å²) < 4.78 is 0. The van der Waals surface area contributed by atoms with E-state index in [9.17, 15) is 9.59 Å². The summed E-state index contributed by atoms with van der Waals surface area (Å²) in [7, 11) is 0. The van der Waals surface area contributed by atoms with Gasteiger partial charge in [0.05, 0.1) is 0 Å². The van der Waals surface area contributed by atoms with Crippen molar-refractivity contribution in [3.8, 4) is 0 Å². The van der Waals surface area contributed by atoms with Crippen molar-refractivity contribution in [2.45, 2.75) is 20.3 Å². The lowest BCUT2D eigenvalue weighted by atomic mass is 10.00. The van der Waals surface area contributed by atoms with E-state index in [-0.39, 0.29) is 18.1 Å². The first kappa shape index (κ1) is 13.2. The molecule has 0 aliphatic heterocycles. The van der Waals surface area contributed by atoms with E-state index >= 15 is 0 Å². The molecule has 2 nitrogen and oxygen atoms in total. The number of carbonyl (C=O) groups is 2. The van der Waals surface area contributed by atoms with E-state index in [1.807, 2.05) is 0 Å². The van der Waals surface area contributed by atoms with Gasteiger partial charge in [-0.15, -0.1) is 0 Å². The monoisotopic (exact) mass is 258 g/mol. The summed E-state index contributed by atoms with van der Waals surface area (Å²) in [6, 6.07) is 4.87. The van der Waals surface area contributed by atoms with Crippen LogP contribution in [-0.2, 0) is 16.0 Å². The van der Waals surface area contributed by atoms with E-state index in [4.69, 9.17) is 23.2 Å². The Hall–Kier alpha value is -0.860. The zero-order valence-corrected chi connectivity index (χ0v) is 10.6. The van der Waals surface area contributed by atoms with Gasteiger partial charge in [0.25, 0.3) is 0 Å². The van der Waals surface area contributed by atoms with E-state index in [0.29, 0.717) is 15.6 Å². The highest BCUT2D eigenvalue weighted by Crippen LogP contribution is 2.21. The topological polar surface area (TPSA) is 34.1 Å². The first-order valence-corrected chi connectivity index (χ1v) is 5.68. The molecule has 0 aromatic heterocycles. The predicted octanol–water partition coefficient (Wildman–Crippen LogP) is 3.33. The van der Waals surface area contributed by atoms with E-state index in [2.05, 4.69) is 0 Å². The van der Waals surface area contributed by atoms with Crippen molar-refractivity contribution in [1.82, 2.24) is 0 Å². The standard InChI is InChI=1S/C12H12Cl2O2/c1-7(2)12(16)11(15)5-8-3-4-9(13)6-10(8)14/h3-4,6-7H,5H2,1-2H3. The summed E-state index contributed by atoms with van der Waals surface area (Å²) in [5.41, 5.74) is 0.630. The number of hydrogen-bond acceptors (Lipinski definition) is 2. The van der Waals surface area contributed by atoms with Crippen LogP contribution in [0, 0.1) is 5.92 Å². The van der Waals surface area contributed by atoms with Crippen LogP contribution in [0.2, 0.25) is 10.0 Å². The Morgan fingerprint density at radius 3 is 2.38 bits per heavy atom. The van der Waals surface area contributed by atoms with Gasteiger partial charge < -0.3 is 0 Å². The Morgan fingerprint density at radius 2 is 1.88 bits per heavy atom. The Labute approximate surface area is 105 Å². The van der Waals surface area contributed by atoms with E-state index in [0.717, 1.165) is 0 Å². The van der Waals surface area contributed by atoms with E-state index in [1.165, 1.54) is 0 Å². The number of ketones is 2. The largest absolute Gasteiger partial charge is 0.291 e. The SMILES string of the molecule is CC(C)C(=O)C(=O)Cc1ccc(Cl)cc1Cl. The summed E-state index contributed by atoms with van der Waals surface area (Å²) in [5.74, 6) is -1.07. The van der Waals surface area contributed by atoms with Gasteiger partial charge in [0.2, 0.25) is 11.6 Å². The molecule has 0 radical (unpaired) electrons. The van der Waals surface area contributed by atoms with Crippen LogP contribution in [0.25, 0.3) is 0 Å². The van der Waals surface area contributed by atoms with Crippen LogP contribution < -0.4 is 0 Å². The molecule has 0 amide bonds. The third kappa shape index (κ3) is 3.32. The molecule has 0 fully saturated rings. The smallest absolute Gasteiger partial charge is 0.203 e. The first-order valence-electron chi connectivity index (χ1n) is 4.92. The van der Waals surface area contributed by atoms with Crippen molar-refractivity contribution >= 4 is 34.8 Å². The lowest BCUT2D eigenvalue weighted by Gasteiger charge is -2.05. The van der Waals surface area contributed by atoms with Crippen LogP contribution in [0.5, 0.6) is 0 Å². The number of benzene rings is 1. The highest BCUT2D eigenvalue weighted by atomic mass is 35.5. The van der Waals surface area contributed by atoms with Gasteiger partial charge in [0.15, 0.2) is 0 Å². The number of carbonyl (C=O) groups excluding carboxylic acids is 2. The molecule has 4 heteroatoms. The quantitative estimate of drug-likeness (QED) is 0.777. The Bertz CT molecular complexity index is 425. The fourth-order valence-corrected chi connectivity index (χ4v) is 1.72. The molecule has 0 bridgehead atoms. The minimum absolute atomic E-state index is 0.0347. The van der Waals surface area contributed by atoms with Crippen molar-refractivity contribution in [3.63, 3.8) is 0 Å². The van der Waals surface area contributed by atoms with Crippen molar-refractivity contribution in [1.29, 1.82) is 0 Å². The summed E-state index contributed by atoms with van der Waals surface area (Å²) in [6.45, 7) is 3.40. The van der Waals surface area contributed by atoms with Crippen LogP contribution in [-0.4, -0.2) is 11.6 Å². The Balaban J connectivity index is 2.81. The molecule has 0 atom stereocenters. The molecule has 0 heterocycles. The number of Topliss-reactive ketones (excluding diaryl/α,β-unsaturated/α-hetero) is 2. The summed E-state index contributed by atoms with van der Waals surface area (Å²) >= 11 is 11.6. The highest BCUT2D eigenvalue weighted by molar-refractivity contribution is 6.39. The number of rotatable bonds is 4. The molecule has 0 unspecified atom stereocenters. The highest BCUT2D eigenvalue weighted by Gasteiger charge is 2.18. The zero-order valence-electron chi connectivity index (χ0n) is 9.09. The molecule has 1 aromatic carbocycles. The van der Waals surface area contributed by atoms with Crippen LogP contribution in [0.3, 0.4) is 0 Å². The van der Waals surface area contributed by atoms with Crippen LogP contribution in [0.15, 0.2) is 18.2 Å². The second kappa shape index (κ2) is 5.46. The molecule has 0 aliphatic carbocycles. The minimum Gasteiger partial charge on any atom is -0.291 e. The predicted molar refractivity (Wildman–Crippen MR) is 65.0 cm³/mol. The van der Waals surface area contributed by atoms with Crippen LogP contribution in [0.1, 0.15) is 19.4 Å². The first-order chi connectivity index (χ1) is 7.41. The average Bonchev–Trinajstić information content (AvgIpc) is 2.20. The Kier molecular flexibility index (Phi) is 4.51. The van der Waals surface area contributed by atoms with Crippen molar-refractivity contribution in [2.24, 2.45) is 5.92 Å². The molecule has 86 valence electrons. The number of hydrogen-bond donors (Lipinski definition) is 0. The van der Waals surface area contributed by atoms with E-state index in [1.54, 1.807) is 32.0 Å². The van der Waals surface area contributed by atoms with Crippen molar-refractivity contribution < 1.29 is 9.59 Å². The van der Waals surface area contributed by atoms with Gasteiger partial charge in [-0.25, -0.2) is 0 Å². The van der Waals surface area contributed by atoms with Crippen LogP contribution in [0.4, 0.5) is 0 Å². The summed E-state index contributed by atoms with van der Waals surface area (Å²) in [6.07, 6.45) is 0.0347. The fourth-order valence-electron chi connectivity index (χ4n) is 1.25. The molecule has 1 aromatic rings. The molecule has 16 heavy (non-hydrogen) atoms. The summed E-state index contributed by atoms with van der Waals surface area (Å²) in [5, 5.41) is 0.925. The normalized spacial score (nSPS) is 10.6. The van der Waals surface area contributed by atoms with Gasteiger partial charge in [0, 0.05) is 22.4 Å². The second-order valence-corrected chi connectivity index (χ2v) is 4.70. The van der Waals surface area contributed by atoms with Gasteiger partial charge >= 0.3 is 0 Å². The number of halogens is 2. The van der Waals surface area contributed by atoms with Gasteiger partial charge in [-0.1, -0.05) is 43.1 Å². The molecule has 0 saturated carbocycles. The molecule has 0 saturated heterocycles. The third-order valence-electron chi connectivity index (χ3n) is 2.17. The van der Waals surface area contributed by atoms with Crippen molar-refractivity contribution in [2.75, 3.05) is 0 Å². The molecular formula is C12H12Cl2O2. The molecular weight excluding hydrogens is 247 g/mol. The van der Waals surface area contributed by atoms with Crippen LogP contribution >= 0.6 is 23.2 Å². The van der Waals surface area contributed by atoms with Gasteiger partial charge in [0.1, 0.15) is 0 Å². The summed E-state index contributed by atoms with van der Waals surface area (Å²) in [4.78, 5) is 23.0. The van der Waals surface area contributed by atoms with E-state index < -0.39 is 5.78 Å². The maximum atomic E-state index is 11.5. The minimum atomic E-state index is -0.417. The maximum absolute atomic E-state index is 11.5. The van der Waals surface area contributed by atoms with Gasteiger partial charge in [-0.2, -0.15) is 0 Å². The Morgan fingerprint density at radius 1 is 1.25 bits per heavy atom. The molecule has 0 N–H and O–H groups in total. The second-order valence-electron chi connectivity index (χ2n) is 3.85. The molecule has 1 rings (SSSR count). The average molecular weight is 259 g/mol. The third-order valence-corrected chi connectivity index (χ3v) is 2.75. The molecule has 0 spiro atoms. The zero-order chi connectivity index (χ0) is 12.3. The fraction of sp³-hybridized carbons (Fsp3) is 0.333. The van der Waals surface area contributed by atoms with Crippen molar-refractivity contribution in [3.05, 3.63) is 33.8 Å². The van der Waals surface area contributed by atoms with Gasteiger partial charge in [-0.3, -0.25) is 9.59 Å². The molecule has 0 aliphatic rings. The maximum Gasteiger partial charge on any atom is 0.203 e. The lowest BCUT2D eigenvalue weighted by Crippen LogP contribution is -2.21.